The van der Waals surface area contributed by atoms with Crippen LogP contribution in [0.15, 0.2) is 46.8 Å². The molecular formula is C21H28N6OS. The normalized spacial score (nSPS) is 11.6. The van der Waals surface area contributed by atoms with Gasteiger partial charge >= 0.3 is 0 Å². The molecule has 0 saturated carbocycles. The van der Waals surface area contributed by atoms with Gasteiger partial charge in [-0.3, -0.25) is 4.79 Å². The van der Waals surface area contributed by atoms with E-state index < -0.39 is 0 Å². The molecule has 29 heavy (non-hydrogen) atoms. The number of nitrogens with one attached hydrogen (secondary N) is 2. The molecule has 0 radical (unpaired) electrons. The number of imidazole rings is 1. The van der Waals surface area contributed by atoms with E-state index in [0.29, 0.717) is 12.5 Å². The molecule has 8 heteroatoms. The number of nitrogens with zero attached hydrogens (tertiary/aromatic N) is 4. The second kappa shape index (κ2) is 10.1. The maximum atomic E-state index is 11.9. The lowest BCUT2D eigenvalue weighted by atomic mass is 10.3. The van der Waals surface area contributed by atoms with Gasteiger partial charge in [0.2, 0.25) is 5.91 Å². The molecule has 0 saturated heterocycles. The third-order valence-electron chi connectivity index (χ3n) is 4.58. The highest BCUT2D eigenvalue weighted by atomic mass is 32.1. The summed E-state index contributed by atoms with van der Waals surface area (Å²) >= 11 is 1.69. The van der Waals surface area contributed by atoms with Crippen molar-refractivity contribution in [3.8, 4) is 0 Å². The minimum absolute atomic E-state index is 0.0252. The molecular weight excluding hydrogens is 384 g/mol. The highest BCUT2D eigenvalue weighted by molar-refractivity contribution is 7.09. The first-order valence-corrected chi connectivity index (χ1v) is 10.6. The van der Waals surface area contributed by atoms with Gasteiger partial charge in [-0.2, -0.15) is 0 Å². The number of hydrogen-bond acceptors (Lipinski definition) is 4. The van der Waals surface area contributed by atoms with Crippen molar-refractivity contribution in [2.45, 2.75) is 26.4 Å². The van der Waals surface area contributed by atoms with E-state index in [2.05, 4.69) is 42.7 Å². The Morgan fingerprint density at radius 3 is 2.79 bits per heavy atom. The van der Waals surface area contributed by atoms with Crippen LogP contribution in [0.2, 0.25) is 0 Å². The number of benzene rings is 1. The van der Waals surface area contributed by atoms with Crippen LogP contribution in [0, 0.1) is 6.92 Å². The molecule has 2 N–H and O–H groups in total. The third-order valence-corrected chi connectivity index (χ3v) is 5.45. The van der Waals surface area contributed by atoms with Gasteiger partial charge in [-0.15, -0.1) is 11.3 Å². The maximum Gasteiger partial charge on any atom is 0.243 e. The zero-order valence-corrected chi connectivity index (χ0v) is 18.0. The summed E-state index contributed by atoms with van der Waals surface area (Å²) in [6.07, 6.45) is 0.919. The number of carbonyl (C=O) groups is 1. The number of amides is 1. The molecule has 2 aromatic heterocycles. The van der Waals surface area contributed by atoms with E-state index in [0.717, 1.165) is 36.4 Å². The predicted octanol–water partition coefficient (Wildman–Crippen LogP) is 2.62. The molecule has 0 unspecified atom stereocenters. The number of hydrogen-bond donors (Lipinski definition) is 2. The van der Waals surface area contributed by atoms with Crippen LogP contribution in [0.4, 0.5) is 0 Å². The topological polar surface area (TPSA) is 74.5 Å². The Morgan fingerprint density at radius 2 is 2.03 bits per heavy atom. The van der Waals surface area contributed by atoms with Gasteiger partial charge in [0.05, 0.1) is 17.6 Å². The predicted molar refractivity (Wildman–Crippen MR) is 119 cm³/mol. The Kier molecular flexibility index (Phi) is 7.24. The molecule has 0 fully saturated rings. The number of aliphatic imine (C=N–C) groups is 1. The summed E-state index contributed by atoms with van der Waals surface area (Å²) in [5, 5.41) is 8.71. The van der Waals surface area contributed by atoms with Gasteiger partial charge < -0.3 is 20.1 Å². The lowest BCUT2D eigenvalue weighted by molar-refractivity contribution is -0.127. The molecule has 3 rings (SSSR count). The fourth-order valence-corrected chi connectivity index (χ4v) is 3.61. The van der Waals surface area contributed by atoms with Crippen molar-refractivity contribution in [1.29, 1.82) is 0 Å². The first-order valence-electron chi connectivity index (χ1n) is 9.71. The van der Waals surface area contributed by atoms with Crippen LogP contribution in [0.5, 0.6) is 0 Å². The van der Waals surface area contributed by atoms with Crippen molar-refractivity contribution in [2.75, 3.05) is 27.2 Å². The number of para-hydroxylation sites is 2. The molecule has 3 aromatic rings. The van der Waals surface area contributed by atoms with Crippen LogP contribution < -0.4 is 10.6 Å². The van der Waals surface area contributed by atoms with Crippen molar-refractivity contribution in [1.82, 2.24) is 25.1 Å². The highest BCUT2D eigenvalue weighted by Crippen LogP contribution is 2.15. The zero-order chi connectivity index (χ0) is 20.6. The lowest BCUT2D eigenvalue weighted by Gasteiger charge is -2.14. The molecule has 0 aliphatic heterocycles. The van der Waals surface area contributed by atoms with Crippen LogP contribution in [0.3, 0.4) is 0 Å². The van der Waals surface area contributed by atoms with Crippen LogP contribution in [0.1, 0.15) is 17.1 Å². The van der Waals surface area contributed by atoms with Crippen LogP contribution in [-0.2, 0) is 17.9 Å². The monoisotopic (exact) mass is 412 g/mol. The average Bonchev–Trinajstić information content (AvgIpc) is 3.33. The molecule has 7 nitrogen and oxygen atoms in total. The Balaban J connectivity index is 1.56. The number of fused-ring (bicyclic) bond motifs is 1. The fraction of sp³-hybridized carbons (Fsp3) is 0.381. The van der Waals surface area contributed by atoms with Crippen molar-refractivity contribution in [3.63, 3.8) is 0 Å². The summed E-state index contributed by atoms with van der Waals surface area (Å²) in [6, 6.07) is 12.3. The summed E-state index contributed by atoms with van der Waals surface area (Å²) < 4.78 is 2.24. The van der Waals surface area contributed by atoms with Crippen molar-refractivity contribution >= 4 is 34.2 Å². The Hall–Kier alpha value is -2.87. The Bertz CT molecular complexity index is 961. The van der Waals surface area contributed by atoms with E-state index in [9.17, 15) is 4.79 Å². The summed E-state index contributed by atoms with van der Waals surface area (Å²) in [4.78, 5) is 23.7. The average molecular weight is 413 g/mol. The summed E-state index contributed by atoms with van der Waals surface area (Å²) in [6.45, 7) is 4.46. The minimum Gasteiger partial charge on any atom is -0.356 e. The van der Waals surface area contributed by atoms with Crippen LogP contribution >= 0.6 is 11.3 Å². The van der Waals surface area contributed by atoms with E-state index in [1.54, 1.807) is 30.3 Å². The molecule has 0 spiro atoms. The van der Waals surface area contributed by atoms with Crippen molar-refractivity contribution in [2.24, 2.45) is 4.99 Å². The fourth-order valence-electron chi connectivity index (χ4n) is 2.97. The molecule has 0 bridgehead atoms. The number of thiophene rings is 1. The molecule has 154 valence electrons. The maximum absolute atomic E-state index is 11.9. The van der Waals surface area contributed by atoms with E-state index in [4.69, 9.17) is 0 Å². The SMILES string of the molecule is Cc1nc2ccccc2n1CCCNC(=NCC(=O)N(C)C)NCc1cccs1. The smallest absolute Gasteiger partial charge is 0.243 e. The van der Waals surface area contributed by atoms with Gasteiger partial charge in [0.15, 0.2) is 5.96 Å². The minimum atomic E-state index is -0.0252. The number of guanidine groups is 1. The number of carbonyl (C=O) groups excluding carboxylic acids is 1. The summed E-state index contributed by atoms with van der Waals surface area (Å²) in [5.74, 6) is 1.65. The zero-order valence-electron chi connectivity index (χ0n) is 17.2. The van der Waals surface area contributed by atoms with Crippen molar-refractivity contribution < 1.29 is 4.79 Å². The van der Waals surface area contributed by atoms with Gasteiger partial charge in [0, 0.05) is 32.1 Å². The van der Waals surface area contributed by atoms with Gasteiger partial charge in [0.25, 0.3) is 0 Å². The number of aromatic nitrogens is 2. The van der Waals surface area contributed by atoms with Gasteiger partial charge in [-0.25, -0.2) is 9.98 Å². The first kappa shape index (κ1) is 20.9. The molecule has 1 aromatic carbocycles. The third kappa shape index (κ3) is 5.80. The second-order valence-corrected chi connectivity index (χ2v) is 8.00. The second-order valence-electron chi connectivity index (χ2n) is 6.97. The Morgan fingerprint density at radius 1 is 1.21 bits per heavy atom. The van der Waals surface area contributed by atoms with E-state index >= 15 is 0 Å². The standard InChI is InChI=1S/C21H28N6OS/c1-16-25-18-9-4-5-10-19(18)27(16)12-7-11-22-21(24-15-20(28)26(2)3)23-14-17-8-6-13-29-17/h4-6,8-10,13H,7,11-12,14-15H2,1-3H3,(H2,22,23,24). The summed E-state index contributed by atoms with van der Waals surface area (Å²) in [5.41, 5.74) is 2.19. The van der Waals surface area contributed by atoms with E-state index in [1.165, 1.54) is 4.88 Å². The van der Waals surface area contributed by atoms with Crippen LogP contribution in [-0.4, -0.2) is 53.5 Å². The van der Waals surface area contributed by atoms with Gasteiger partial charge in [-0.05, 0) is 36.9 Å². The van der Waals surface area contributed by atoms with E-state index in [1.807, 2.05) is 31.2 Å². The number of rotatable bonds is 8. The van der Waals surface area contributed by atoms with Crippen molar-refractivity contribution in [3.05, 3.63) is 52.5 Å². The highest BCUT2D eigenvalue weighted by Gasteiger charge is 2.07. The van der Waals surface area contributed by atoms with Crippen LogP contribution in [0.25, 0.3) is 11.0 Å². The molecule has 0 aliphatic carbocycles. The lowest BCUT2D eigenvalue weighted by Crippen LogP contribution is -2.38. The first-order chi connectivity index (χ1) is 14.0. The molecule has 0 atom stereocenters. The molecule has 0 aliphatic rings. The molecule has 2 heterocycles. The van der Waals surface area contributed by atoms with Gasteiger partial charge in [0.1, 0.15) is 12.4 Å². The largest absolute Gasteiger partial charge is 0.356 e. The number of aryl methyl sites for hydroxylation is 2. The summed E-state index contributed by atoms with van der Waals surface area (Å²) in [7, 11) is 3.48. The number of likely N-dealkylation sites (N-methyl/N-ethyl adjacent to an activating group) is 1. The van der Waals surface area contributed by atoms with Gasteiger partial charge in [-0.1, -0.05) is 18.2 Å². The molecule has 1 amide bonds. The quantitative estimate of drug-likeness (QED) is 0.339. The Labute approximate surface area is 175 Å². The van der Waals surface area contributed by atoms with E-state index in [-0.39, 0.29) is 12.5 Å².